The SMILES string of the molecule is CC1(Nc2nc(-c3cnoc3)nc3cnccc23)CC1. The largest absolute Gasteiger partial charge is 0.364 e. The van der Waals surface area contributed by atoms with Crippen LogP contribution in [0.15, 0.2) is 35.4 Å². The third-order valence-electron chi connectivity index (χ3n) is 3.61. The van der Waals surface area contributed by atoms with Gasteiger partial charge in [-0.05, 0) is 25.8 Å². The van der Waals surface area contributed by atoms with Gasteiger partial charge in [-0.2, -0.15) is 0 Å². The average molecular weight is 267 g/mol. The van der Waals surface area contributed by atoms with E-state index in [2.05, 4.69) is 32.3 Å². The molecule has 0 bridgehead atoms. The zero-order chi connectivity index (χ0) is 13.6. The molecule has 0 radical (unpaired) electrons. The molecule has 100 valence electrons. The van der Waals surface area contributed by atoms with Crippen LogP contribution in [0.4, 0.5) is 5.82 Å². The van der Waals surface area contributed by atoms with Crippen molar-refractivity contribution in [1.82, 2.24) is 20.1 Å². The molecule has 0 aromatic carbocycles. The molecule has 1 aliphatic carbocycles. The van der Waals surface area contributed by atoms with Crippen LogP contribution >= 0.6 is 0 Å². The van der Waals surface area contributed by atoms with Crippen molar-refractivity contribution >= 4 is 16.7 Å². The quantitative estimate of drug-likeness (QED) is 0.786. The van der Waals surface area contributed by atoms with Crippen molar-refractivity contribution in [3.05, 3.63) is 30.9 Å². The van der Waals surface area contributed by atoms with E-state index in [1.807, 2.05) is 6.07 Å². The molecule has 3 heterocycles. The molecule has 0 saturated heterocycles. The second-order valence-electron chi connectivity index (χ2n) is 5.39. The predicted octanol–water partition coefficient (Wildman–Crippen LogP) is 2.64. The van der Waals surface area contributed by atoms with Crippen LogP contribution < -0.4 is 5.32 Å². The van der Waals surface area contributed by atoms with Crippen molar-refractivity contribution in [2.75, 3.05) is 5.32 Å². The summed E-state index contributed by atoms with van der Waals surface area (Å²) in [6.45, 7) is 2.20. The fraction of sp³-hybridized carbons (Fsp3) is 0.286. The van der Waals surface area contributed by atoms with Crippen LogP contribution in [-0.2, 0) is 0 Å². The van der Waals surface area contributed by atoms with Crippen LogP contribution in [0, 0.1) is 0 Å². The molecule has 0 atom stereocenters. The summed E-state index contributed by atoms with van der Waals surface area (Å²) in [5, 5.41) is 8.19. The molecule has 0 spiro atoms. The summed E-state index contributed by atoms with van der Waals surface area (Å²) in [6, 6.07) is 1.93. The van der Waals surface area contributed by atoms with Gasteiger partial charge in [-0.1, -0.05) is 5.16 Å². The molecule has 1 saturated carbocycles. The van der Waals surface area contributed by atoms with Gasteiger partial charge in [0, 0.05) is 17.1 Å². The number of fused-ring (bicyclic) bond motifs is 1. The van der Waals surface area contributed by atoms with E-state index in [1.165, 1.54) is 0 Å². The number of hydrogen-bond donors (Lipinski definition) is 1. The molecule has 1 fully saturated rings. The first-order valence-electron chi connectivity index (χ1n) is 6.53. The van der Waals surface area contributed by atoms with Crippen molar-refractivity contribution in [2.24, 2.45) is 0 Å². The molecule has 20 heavy (non-hydrogen) atoms. The first kappa shape index (κ1) is 11.3. The number of nitrogens with zero attached hydrogens (tertiary/aromatic N) is 4. The van der Waals surface area contributed by atoms with Crippen LogP contribution in [0.2, 0.25) is 0 Å². The standard InChI is InChI=1S/C14H13N5O/c1-14(3-4-14)19-13-10-2-5-15-7-11(10)17-12(18-13)9-6-16-20-8-9/h2,5-8H,3-4H2,1H3,(H,17,18,19). The van der Waals surface area contributed by atoms with Gasteiger partial charge in [-0.3, -0.25) is 4.98 Å². The molecule has 4 rings (SSSR count). The van der Waals surface area contributed by atoms with E-state index in [0.29, 0.717) is 5.82 Å². The molecule has 6 nitrogen and oxygen atoms in total. The summed E-state index contributed by atoms with van der Waals surface area (Å²) in [6.07, 6.45) is 8.97. The molecular formula is C14H13N5O. The van der Waals surface area contributed by atoms with E-state index in [1.54, 1.807) is 24.9 Å². The molecule has 1 N–H and O–H groups in total. The second kappa shape index (κ2) is 4.00. The van der Waals surface area contributed by atoms with Crippen LogP contribution in [0.3, 0.4) is 0 Å². The molecule has 0 amide bonds. The number of aromatic nitrogens is 4. The van der Waals surface area contributed by atoms with Gasteiger partial charge in [0.05, 0.1) is 23.5 Å². The van der Waals surface area contributed by atoms with Gasteiger partial charge in [0.25, 0.3) is 0 Å². The van der Waals surface area contributed by atoms with E-state index in [0.717, 1.165) is 35.1 Å². The second-order valence-corrected chi connectivity index (χ2v) is 5.39. The number of pyridine rings is 1. The minimum absolute atomic E-state index is 0.149. The molecule has 6 heteroatoms. The maximum atomic E-state index is 4.87. The van der Waals surface area contributed by atoms with E-state index in [4.69, 9.17) is 4.52 Å². The van der Waals surface area contributed by atoms with Crippen LogP contribution in [-0.4, -0.2) is 25.6 Å². The molecule has 3 aromatic heterocycles. The lowest BCUT2D eigenvalue weighted by molar-refractivity contribution is 0.420. The number of rotatable bonds is 3. The summed E-state index contributed by atoms with van der Waals surface area (Å²) in [7, 11) is 0. The van der Waals surface area contributed by atoms with Crippen LogP contribution in [0.1, 0.15) is 19.8 Å². The van der Waals surface area contributed by atoms with E-state index in [-0.39, 0.29) is 5.54 Å². The minimum atomic E-state index is 0.149. The lowest BCUT2D eigenvalue weighted by Crippen LogP contribution is -2.17. The van der Waals surface area contributed by atoms with Gasteiger partial charge >= 0.3 is 0 Å². The van der Waals surface area contributed by atoms with Gasteiger partial charge in [-0.15, -0.1) is 0 Å². The Bertz CT molecular complexity index is 764. The molecular weight excluding hydrogens is 254 g/mol. The predicted molar refractivity (Wildman–Crippen MR) is 74.1 cm³/mol. The van der Waals surface area contributed by atoms with E-state index < -0.39 is 0 Å². The third kappa shape index (κ3) is 1.89. The Labute approximate surface area is 115 Å². The van der Waals surface area contributed by atoms with Crippen LogP contribution in [0.5, 0.6) is 0 Å². The summed E-state index contributed by atoms with van der Waals surface area (Å²) >= 11 is 0. The highest BCUT2D eigenvalue weighted by Gasteiger charge is 2.37. The Balaban J connectivity index is 1.90. The molecule has 1 aliphatic rings. The molecule has 0 aliphatic heterocycles. The summed E-state index contributed by atoms with van der Waals surface area (Å²) < 4.78 is 4.87. The number of anilines is 1. The van der Waals surface area contributed by atoms with Crippen molar-refractivity contribution in [3.8, 4) is 11.4 Å². The lowest BCUT2D eigenvalue weighted by atomic mass is 10.2. The Morgan fingerprint density at radius 3 is 2.90 bits per heavy atom. The first-order valence-corrected chi connectivity index (χ1v) is 6.53. The van der Waals surface area contributed by atoms with Gasteiger partial charge in [0.2, 0.25) is 0 Å². The summed E-state index contributed by atoms with van der Waals surface area (Å²) in [5.41, 5.74) is 1.72. The van der Waals surface area contributed by atoms with Crippen molar-refractivity contribution in [3.63, 3.8) is 0 Å². The maximum Gasteiger partial charge on any atom is 0.167 e. The average Bonchev–Trinajstić information content (AvgIpc) is 2.97. The smallest absolute Gasteiger partial charge is 0.167 e. The van der Waals surface area contributed by atoms with Crippen molar-refractivity contribution < 1.29 is 4.52 Å². The third-order valence-corrected chi connectivity index (χ3v) is 3.61. The number of hydrogen-bond acceptors (Lipinski definition) is 6. The Morgan fingerprint density at radius 1 is 1.25 bits per heavy atom. The maximum absolute atomic E-state index is 4.87. The van der Waals surface area contributed by atoms with Gasteiger partial charge in [0.1, 0.15) is 12.1 Å². The summed E-state index contributed by atoms with van der Waals surface area (Å²) in [5.74, 6) is 1.44. The minimum Gasteiger partial charge on any atom is -0.364 e. The monoisotopic (exact) mass is 267 g/mol. The zero-order valence-corrected chi connectivity index (χ0v) is 11.0. The van der Waals surface area contributed by atoms with E-state index in [9.17, 15) is 0 Å². The lowest BCUT2D eigenvalue weighted by Gasteiger charge is -2.14. The Morgan fingerprint density at radius 2 is 2.15 bits per heavy atom. The Kier molecular flexibility index (Phi) is 2.26. The molecule has 0 unspecified atom stereocenters. The number of nitrogens with one attached hydrogen (secondary N) is 1. The highest BCUT2D eigenvalue weighted by Crippen LogP contribution is 2.39. The summed E-state index contributed by atoms with van der Waals surface area (Å²) in [4.78, 5) is 13.3. The van der Waals surface area contributed by atoms with Gasteiger partial charge in [0.15, 0.2) is 5.82 Å². The Hall–Kier alpha value is -2.50. The van der Waals surface area contributed by atoms with Crippen molar-refractivity contribution in [1.29, 1.82) is 0 Å². The highest BCUT2D eigenvalue weighted by atomic mass is 16.5. The highest BCUT2D eigenvalue weighted by molar-refractivity contribution is 5.90. The molecule has 3 aromatic rings. The fourth-order valence-electron chi connectivity index (χ4n) is 2.12. The zero-order valence-electron chi connectivity index (χ0n) is 11.0. The van der Waals surface area contributed by atoms with Gasteiger partial charge in [-0.25, -0.2) is 9.97 Å². The van der Waals surface area contributed by atoms with Crippen molar-refractivity contribution in [2.45, 2.75) is 25.3 Å². The fourth-order valence-corrected chi connectivity index (χ4v) is 2.12. The topological polar surface area (TPSA) is 76.7 Å². The van der Waals surface area contributed by atoms with Crippen LogP contribution in [0.25, 0.3) is 22.3 Å². The van der Waals surface area contributed by atoms with E-state index >= 15 is 0 Å². The van der Waals surface area contributed by atoms with Gasteiger partial charge < -0.3 is 9.84 Å². The first-order chi connectivity index (χ1) is 9.73. The normalized spacial score (nSPS) is 16.2.